The fourth-order valence-electron chi connectivity index (χ4n) is 2.03. The number of aryl methyl sites for hydroxylation is 2. The lowest BCUT2D eigenvalue weighted by molar-refractivity contribution is 0.545. The maximum atomic E-state index is 14.0. The van der Waals surface area contributed by atoms with Crippen LogP contribution < -0.4 is 5.32 Å². The molecule has 1 unspecified atom stereocenters. The van der Waals surface area contributed by atoms with E-state index in [1.54, 1.807) is 10.7 Å². The first-order valence-electron chi connectivity index (χ1n) is 6.10. The molecule has 96 valence electrons. The molecule has 2 aromatic rings. The van der Waals surface area contributed by atoms with Crippen molar-refractivity contribution in [3.8, 4) is 0 Å². The van der Waals surface area contributed by atoms with Crippen molar-refractivity contribution in [1.82, 2.24) is 15.1 Å². The molecule has 1 atom stereocenters. The van der Waals surface area contributed by atoms with Crippen molar-refractivity contribution in [1.29, 1.82) is 0 Å². The standard InChI is InChI=1S/C14H18FN3/c1-4-16-14(13-7-8-18(3)17-13)11-6-5-10(2)9-12(11)15/h5-9,14,16H,4H2,1-3H3. The van der Waals surface area contributed by atoms with Crippen molar-refractivity contribution in [2.45, 2.75) is 19.9 Å². The third-order valence-electron chi connectivity index (χ3n) is 2.91. The molecular formula is C14H18FN3. The first kappa shape index (κ1) is 12.8. The van der Waals surface area contributed by atoms with E-state index in [4.69, 9.17) is 0 Å². The Morgan fingerprint density at radius 2 is 2.17 bits per heavy atom. The number of hydrogen-bond acceptors (Lipinski definition) is 2. The number of nitrogens with one attached hydrogen (secondary N) is 1. The number of nitrogens with zero attached hydrogens (tertiary/aromatic N) is 2. The summed E-state index contributed by atoms with van der Waals surface area (Å²) in [7, 11) is 1.86. The molecule has 2 rings (SSSR count). The molecule has 0 fully saturated rings. The first-order chi connectivity index (χ1) is 8.61. The normalized spacial score (nSPS) is 12.7. The number of halogens is 1. The molecule has 4 heteroatoms. The Morgan fingerprint density at radius 3 is 2.72 bits per heavy atom. The van der Waals surface area contributed by atoms with Crippen molar-refractivity contribution < 1.29 is 4.39 Å². The summed E-state index contributed by atoms with van der Waals surface area (Å²) in [5, 5.41) is 7.63. The lowest BCUT2D eigenvalue weighted by atomic mass is 10.0. The highest BCUT2D eigenvalue weighted by atomic mass is 19.1. The molecule has 1 heterocycles. The van der Waals surface area contributed by atoms with Crippen LogP contribution in [0, 0.1) is 12.7 Å². The molecule has 0 saturated carbocycles. The van der Waals surface area contributed by atoms with Crippen LogP contribution in [-0.2, 0) is 7.05 Å². The maximum absolute atomic E-state index is 14.0. The minimum atomic E-state index is -0.197. The predicted molar refractivity (Wildman–Crippen MR) is 69.9 cm³/mol. The molecule has 3 nitrogen and oxygen atoms in total. The second kappa shape index (κ2) is 5.31. The first-order valence-corrected chi connectivity index (χ1v) is 6.10. The van der Waals surface area contributed by atoms with Gasteiger partial charge in [0, 0.05) is 18.8 Å². The van der Waals surface area contributed by atoms with Crippen molar-refractivity contribution in [2.75, 3.05) is 6.54 Å². The monoisotopic (exact) mass is 247 g/mol. The Bertz CT molecular complexity index is 534. The number of hydrogen-bond donors (Lipinski definition) is 1. The third-order valence-corrected chi connectivity index (χ3v) is 2.91. The van der Waals surface area contributed by atoms with Crippen LogP contribution in [-0.4, -0.2) is 16.3 Å². The van der Waals surface area contributed by atoms with Crippen LogP contribution in [0.2, 0.25) is 0 Å². The molecule has 0 amide bonds. The molecule has 0 radical (unpaired) electrons. The molecule has 0 aliphatic rings. The van der Waals surface area contributed by atoms with Crippen LogP contribution in [0.4, 0.5) is 4.39 Å². The second-order valence-corrected chi connectivity index (χ2v) is 4.43. The van der Waals surface area contributed by atoms with Gasteiger partial charge in [0.1, 0.15) is 5.82 Å². The number of benzene rings is 1. The molecule has 18 heavy (non-hydrogen) atoms. The van der Waals surface area contributed by atoms with E-state index in [1.807, 2.05) is 45.3 Å². The second-order valence-electron chi connectivity index (χ2n) is 4.43. The average molecular weight is 247 g/mol. The highest BCUT2D eigenvalue weighted by Crippen LogP contribution is 2.23. The summed E-state index contributed by atoms with van der Waals surface area (Å²) >= 11 is 0. The van der Waals surface area contributed by atoms with Crippen LogP contribution in [0.5, 0.6) is 0 Å². The summed E-state index contributed by atoms with van der Waals surface area (Å²) in [4.78, 5) is 0. The SMILES string of the molecule is CCNC(c1ccn(C)n1)c1ccc(C)cc1F. The molecule has 0 bridgehead atoms. The maximum Gasteiger partial charge on any atom is 0.128 e. The van der Waals surface area contributed by atoms with Gasteiger partial charge >= 0.3 is 0 Å². The lowest BCUT2D eigenvalue weighted by Gasteiger charge is -2.17. The largest absolute Gasteiger partial charge is 0.305 e. The zero-order valence-electron chi connectivity index (χ0n) is 10.9. The molecular weight excluding hydrogens is 229 g/mol. The lowest BCUT2D eigenvalue weighted by Crippen LogP contribution is -2.23. The van der Waals surface area contributed by atoms with E-state index in [-0.39, 0.29) is 11.9 Å². The van der Waals surface area contributed by atoms with Crippen molar-refractivity contribution in [3.63, 3.8) is 0 Å². The van der Waals surface area contributed by atoms with E-state index in [0.29, 0.717) is 5.56 Å². The van der Waals surface area contributed by atoms with Crippen molar-refractivity contribution >= 4 is 0 Å². The van der Waals surface area contributed by atoms with E-state index in [2.05, 4.69) is 10.4 Å². The number of aromatic nitrogens is 2. The molecule has 0 aliphatic carbocycles. The van der Waals surface area contributed by atoms with Crippen LogP contribution in [0.15, 0.2) is 30.5 Å². The smallest absolute Gasteiger partial charge is 0.128 e. The minimum Gasteiger partial charge on any atom is -0.305 e. The summed E-state index contributed by atoms with van der Waals surface area (Å²) in [6.07, 6.45) is 1.87. The summed E-state index contributed by atoms with van der Waals surface area (Å²) in [5.41, 5.74) is 2.40. The van der Waals surface area contributed by atoms with Crippen molar-refractivity contribution in [2.24, 2.45) is 7.05 Å². The summed E-state index contributed by atoms with van der Waals surface area (Å²) in [5.74, 6) is -0.188. The van der Waals surface area contributed by atoms with Gasteiger partial charge in [-0.1, -0.05) is 19.1 Å². The van der Waals surface area contributed by atoms with Gasteiger partial charge in [-0.25, -0.2) is 4.39 Å². The molecule has 0 aliphatic heterocycles. The van der Waals surface area contributed by atoms with E-state index in [9.17, 15) is 4.39 Å². The Kier molecular flexibility index (Phi) is 3.77. The van der Waals surface area contributed by atoms with Gasteiger partial charge < -0.3 is 5.32 Å². The highest BCUT2D eigenvalue weighted by Gasteiger charge is 2.19. The summed E-state index contributed by atoms with van der Waals surface area (Å²) < 4.78 is 15.8. The molecule has 0 spiro atoms. The van der Waals surface area contributed by atoms with E-state index in [1.165, 1.54) is 0 Å². The van der Waals surface area contributed by atoms with Gasteiger partial charge in [0.05, 0.1) is 11.7 Å². The Morgan fingerprint density at radius 1 is 1.39 bits per heavy atom. The fraction of sp³-hybridized carbons (Fsp3) is 0.357. The number of rotatable bonds is 4. The van der Waals surface area contributed by atoms with Gasteiger partial charge in [-0.15, -0.1) is 0 Å². The van der Waals surface area contributed by atoms with Gasteiger partial charge in [-0.3, -0.25) is 4.68 Å². The molecule has 1 aromatic heterocycles. The van der Waals surface area contributed by atoms with Crippen LogP contribution in [0.25, 0.3) is 0 Å². The van der Waals surface area contributed by atoms with Crippen LogP contribution in [0.3, 0.4) is 0 Å². The molecule has 1 aromatic carbocycles. The third kappa shape index (κ3) is 2.59. The Labute approximate surface area is 107 Å². The Hall–Kier alpha value is -1.68. The predicted octanol–water partition coefficient (Wildman–Crippen LogP) is 2.57. The average Bonchev–Trinajstić information content (AvgIpc) is 2.73. The summed E-state index contributed by atoms with van der Waals surface area (Å²) in [6, 6.07) is 7.02. The topological polar surface area (TPSA) is 29.9 Å². The fourth-order valence-corrected chi connectivity index (χ4v) is 2.03. The van der Waals surface area contributed by atoms with Gasteiger partial charge in [-0.05, 0) is 31.2 Å². The van der Waals surface area contributed by atoms with Crippen LogP contribution >= 0.6 is 0 Å². The Balaban J connectivity index is 2.41. The van der Waals surface area contributed by atoms with E-state index in [0.717, 1.165) is 17.8 Å². The van der Waals surface area contributed by atoms with E-state index >= 15 is 0 Å². The van der Waals surface area contributed by atoms with Gasteiger partial charge in [0.25, 0.3) is 0 Å². The van der Waals surface area contributed by atoms with Crippen LogP contribution in [0.1, 0.15) is 29.8 Å². The summed E-state index contributed by atoms with van der Waals surface area (Å²) in [6.45, 7) is 4.65. The van der Waals surface area contributed by atoms with E-state index < -0.39 is 0 Å². The van der Waals surface area contributed by atoms with Gasteiger partial charge in [0.15, 0.2) is 0 Å². The quantitative estimate of drug-likeness (QED) is 0.900. The minimum absolute atomic E-state index is 0.188. The van der Waals surface area contributed by atoms with Crippen molar-refractivity contribution in [3.05, 3.63) is 53.1 Å². The zero-order valence-corrected chi connectivity index (χ0v) is 10.9. The zero-order chi connectivity index (χ0) is 13.1. The van der Waals surface area contributed by atoms with Gasteiger partial charge in [0.2, 0.25) is 0 Å². The molecule has 0 saturated heterocycles. The highest BCUT2D eigenvalue weighted by molar-refractivity contribution is 5.31. The molecule has 1 N–H and O–H groups in total. The van der Waals surface area contributed by atoms with Gasteiger partial charge in [-0.2, -0.15) is 5.10 Å².